The third kappa shape index (κ3) is 1.98. The van der Waals surface area contributed by atoms with Gasteiger partial charge in [0.05, 0.1) is 18.7 Å². The summed E-state index contributed by atoms with van der Waals surface area (Å²) in [5.74, 6) is -0.361. The Balaban J connectivity index is 2.13. The molecule has 1 aliphatic heterocycles. The van der Waals surface area contributed by atoms with Gasteiger partial charge in [-0.1, -0.05) is 12.1 Å². The van der Waals surface area contributed by atoms with Crippen molar-refractivity contribution in [3.63, 3.8) is 0 Å². The largest absolute Gasteiger partial charge is 0.465 e. The molecule has 84 valence electrons. The van der Waals surface area contributed by atoms with E-state index in [1.54, 1.807) is 12.1 Å². The summed E-state index contributed by atoms with van der Waals surface area (Å²) in [7, 11) is 1.34. The topological polar surface area (TPSA) is 67.4 Å². The van der Waals surface area contributed by atoms with E-state index < -0.39 is 0 Å². The molecular formula is C11H12N2O3. The maximum Gasteiger partial charge on any atom is 0.337 e. The molecule has 0 saturated carbocycles. The molecule has 0 aromatic heterocycles. The van der Waals surface area contributed by atoms with Gasteiger partial charge in [-0.15, -0.1) is 0 Å². The highest BCUT2D eigenvalue weighted by molar-refractivity contribution is 5.89. The van der Waals surface area contributed by atoms with Gasteiger partial charge in [0, 0.05) is 6.54 Å². The fourth-order valence-electron chi connectivity index (χ4n) is 1.63. The van der Waals surface area contributed by atoms with Gasteiger partial charge in [-0.3, -0.25) is 0 Å². The Kier molecular flexibility index (Phi) is 2.76. The number of esters is 1. The number of carbonyl (C=O) groups is 2. The van der Waals surface area contributed by atoms with Crippen LogP contribution in [-0.2, 0) is 4.74 Å². The Morgan fingerprint density at radius 2 is 2.06 bits per heavy atom. The number of nitrogens with one attached hydrogen (secondary N) is 2. The van der Waals surface area contributed by atoms with Crippen molar-refractivity contribution >= 4 is 12.0 Å². The summed E-state index contributed by atoms with van der Waals surface area (Å²) in [6.07, 6.45) is 0. The van der Waals surface area contributed by atoms with Crippen molar-refractivity contribution in [3.05, 3.63) is 35.4 Å². The number of benzene rings is 1. The molecule has 1 heterocycles. The zero-order valence-corrected chi connectivity index (χ0v) is 8.82. The van der Waals surface area contributed by atoms with Crippen LogP contribution in [0.15, 0.2) is 24.3 Å². The molecule has 1 aromatic rings. The van der Waals surface area contributed by atoms with Crippen LogP contribution in [0.2, 0.25) is 0 Å². The van der Waals surface area contributed by atoms with E-state index >= 15 is 0 Å². The van der Waals surface area contributed by atoms with Crippen LogP contribution in [0.1, 0.15) is 22.0 Å². The fraction of sp³-hybridized carbons (Fsp3) is 0.273. The van der Waals surface area contributed by atoms with Gasteiger partial charge in [0.1, 0.15) is 0 Å². The molecule has 1 aliphatic rings. The number of amides is 2. The molecule has 0 aliphatic carbocycles. The lowest BCUT2D eigenvalue weighted by atomic mass is 10.1. The van der Waals surface area contributed by atoms with Crippen molar-refractivity contribution in [2.75, 3.05) is 13.7 Å². The lowest BCUT2D eigenvalue weighted by molar-refractivity contribution is 0.0600. The standard InChI is InChI=1S/C11H12N2O3/c1-16-10(14)8-4-2-7(3-5-8)9-6-12-11(15)13-9/h2-5,9H,6H2,1H3,(H2,12,13,15)/t9-/m0/s1. The molecule has 5 heteroatoms. The minimum absolute atomic E-state index is 0.0285. The number of urea groups is 1. The molecule has 0 unspecified atom stereocenters. The van der Waals surface area contributed by atoms with Gasteiger partial charge < -0.3 is 15.4 Å². The molecule has 5 nitrogen and oxygen atoms in total. The monoisotopic (exact) mass is 220 g/mol. The number of hydrogen-bond donors (Lipinski definition) is 2. The van der Waals surface area contributed by atoms with Crippen molar-refractivity contribution < 1.29 is 14.3 Å². The summed E-state index contributed by atoms with van der Waals surface area (Å²) in [4.78, 5) is 22.1. The maximum absolute atomic E-state index is 11.2. The van der Waals surface area contributed by atoms with E-state index in [0.29, 0.717) is 12.1 Å². The molecule has 16 heavy (non-hydrogen) atoms. The third-order valence-electron chi connectivity index (χ3n) is 2.51. The van der Waals surface area contributed by atoms with Gasteiger partial charge in [-0.2, -0.15) is 0 Å². The van der Waals surface area contributed by atoms with Gasteiger partial charge >= 0.3 is 12.0 Å². The SMILES string of the molecule is COC(=O)c1ccc([C@@H]2CNC(=O)N2)cc1. The Labute approximate surface area is 92.8 Å². The molecule has 2 amide bonds. The zero-order chi connectivity index (χ0) is 11.5. The van der Waals surface area contributed by atoms with Crippen LogP contribution in [0, 0.1) is 0 Å². The number of methoxy groups -OCH3 is 1. The molecule has 0 spiro atoms. The van der Waals surface area contributed by atoms with Gasteiger partial charge in [0.2, 0.25) is 0 Å². The highest BCUT2D eigenvalue weighted by Crippen LogP contribution is 2.16. The molecule has 1 atom stereocenters. The van der Waals surface area contributed by atoms with E-state index in [1.165, 1.54) is 7.11 Å². The number of rotatable bonds is 2. The second-order valence-corrected chi connectivity index (χ2v) is 3.52. The first-order chi connectivity index (χ1) is 7.70. The summed E-state index contributed by atoms with van der Waals surface area (Å²) >= 11 is 0. The van der Waals surface area contributed by atoms with E-state index in [-0.39, 0.29) is 18.0 Å². The van der Waals surface area contributed by atoms with Crippen LogP contribution in [0.3, 0.4) is 0 Å². The molecular weight excluding hydrogens is 208 g/mol. The number of ether oxygens (including phenoxy) is 1. The highest BCUT2D eigenvalue weighted by atomic mass is 16.5. The number of hydrogen-bond acceptors (Lipinski definition) is 3. The lowest BCUT2D eigenvalue weighted by Gasteiger charge is -2.09. The molecule has 1 saturated heterocycles. The summed E-state index contributed by atoms with van der Waals surface area (Å²) in [6, 6.07) is 6.80. The van der Waals surface area contributed by atoms with Crippen molar-refractivity contribution in [1.29, 1.82) is 0 Å². The first-order valence-electron chi connectivity index (χ1n) is 4.93. The summed E-state index contributed by atoms with van der Waals surface area (Å²) < 4.78 is 4.60. The smallest absolute Gasteiger partial charge is 0.337 e. The van der Waals surface area contributed by atoms with Gasteiger partial charge in [-0.25, -0.2) is 9.59 Å². The van der Waals surface area contributed by atoms with Crippen LogP contribution < -0.4 is 10.6 Å². The van der Waals surface area contributed by atoms with E-state index in [9.17, 15) is 9.59 Å². The van der Waals surface area contributed by atoms with E-state index in [2.05, 4.69) is 15.4 Å². The predicted octanol–water partition coefficient (Wildman–Crippen LogP) is 0.827. The maximum atomic E-state index is 11.2. The molecule has 2 N–H and O–H groups in total. The van der Waals surface area contributed by atoms with Crippen molar-refractivity contribution in [2.45, 2.75) is 6.04 Å². The van der Waals surface area contributed by atoms with Crippen molar-refractivity contribution in [2.24, 2.45) is 0 Å². The average Bonchev–Trinajstić information content (AvgIpc) is 2.75. The minimum atomic E-state index is -0.361. The minimum Gasteiger partial charge on any atom is -0.465 e. The fourth-order valence-corrected chi connectivity index (χ4v) is 1.63. The molecule has 0 radical (unpaired) electrons. The summed E-state index contributed by atoms with van der Waals surface area (Å²) in [6.45, 7) is 0.566. The summed E-state index contributed by atoms with van der Waals surface area (Å²) in [5, 5.41) is 5.44. The molecule has 1 fully saturated rings. The normalized spacial score (nSPS) is 18.8. The third-order valence-corrected chi connectivity index (χ3v) is 2.51. The van der Waals surface area contributed by atoms with Crippen LogP contribution in [0.4, 0.5) is 4.79 Å². The Morgan fingerprint density at radius 3 is 2.56 bits per heavy atom. The first kappa shape index (κ1) is 10.5. The van der Waals surface area contributed by atoms with Gasteiger partial charge in [0.15, 0.2) is 0 Å². The van der Waals surface area contributed by atoms with E-state index in [1.807, 2.05) is 12.1 Å². The quantitative estimate of drug-likeness (QED) is 0.725. The van der Waals surface area contributed by atoms with E-state index in [4.69, 9.17) is 0 Å². The van der Waals surface area contributed by atoms with Crippen molar-refractivity contribution in [3.8, 4) is 0 Å². The van der Waals surface area contributed by atoms with Gasteiger partial charge in [-0.05, 0) is 17.7 Å². The molecule has 0 bridgehead atoms. The first-order valence-corrected chi connectivity index (χ1v) is 4.93. The molecule has 1 aromatic carbocycles. The zero-order valence-electron chi connectivity index (χ0n) is 8.82. The van der Waals surface area contributed by atoms with Crippen LogP contribution in [0.25, 0.3) is 0 Å². The average molecular weight is 220 g/mol. The Morgan fingerprint density at radius 1 is 1.38 bits per heavy atom. The van der Waals surface area contributed by atoms with Crippen LogP contribution >= 0.6 is 0 Å². The van der Waals surface area contributed by atoms with Gasteiger partial charge in [0.25, 0.3) is 0 Å². The molecule has 2 rings (SSSR count). The predicted molar refractivity (Wildman–Crippen MR) is 57.1 cm³/mol. The lowest BCUT2D eigenvalue weighted by Crippen LogP contribution is -2.21. The Hall–Kier alpha value is -2.04. The van der Waals surface area contributed by atoms with E-state index in [0.717, 1.165) is 5.56 Å². The summed E-state index contributed by atoms with van der Waals surface area (Å²) in [5.41, 5.74) is 1.47. The highest BCUT2D eigenvalue weighted by Gasteiger charge is 2.21. The van der Waals surface area contributed by atoms with Crippen LogP contribution in [0.5, 0.6) is 0 Å². The van der Waals surface area contributed by atoms with Crippen LogP contribution in [-0.4, -0.2) is 25.7 Å². The second-order valence-electron chi connectivity index (χ2n) is 3.52. The van der Waals surface area contributed by atoms with Crippen molar-refractivity contribution in [1.82, 2.24) is 10.6 Å². The Bertz CT molecular complexity index is 414. The number of carbonyl (C=O) groups excluding carboxylic acids is 2. The second kappa shape index (κ2) is 4.22.